The summed E-state index contributed by atoms with van der Waals surface area (Å²) < 4.78 is 5.87. The molecule has 0 unspecified atom stereocenters. The van der Waals surface area contributed by atoms with Crippen LogP contribution in [-0.2, 0) is 6.42 Å². The van der Waals surface area contributed by atoms with Crippen LogP contribution in [0.2, 0.25) is 0 Å². The Bertz CT molecular complexity index is 605. The summed E-state index contributed by atoms with van der Waals surface area (Å²) in [7, 11) is 0. The molecule has 2 N–H and O–H groups in total. The van der Waals surface area contributed by atoms with Crippen molar-refractivity contribution < 1.29 is 9.21 Å². The van der Waals surface area contributed by atoms with Crippen LogP contribution < -0.4 is 10.6 Å². The summed E-state index contributed by atoms with van der Waals surface area (Å²) in [6.45, 7) is 7.33. The fraction of sp³-hybridized carbons (Fsp3) is 0.500. The van der Waals surface area contributed by atoms with E-state index < -0.39 is 0 Å². The number of oxazole rings is 1. The number of aromatic nitrogens is 1. The van der Waals surface area contributed by atoms with Crippen molar-refractivity contribution in [2.45, 2.75) is 39.5 Å². The minimum Gasteiger partial charge on any atom is -0.440 e. The number of benzene rings is 1. The fourth-order valence-corrected chi connectivity index (χ4v) is 2.17. The van der Waals surface area contributed by atoms with E-state index in [-0.39, 0.29) is 11.9 Å². The van der Waals surface area contributed by atoms with Gasteiger partial charge >= 0.3 is 6.03 Å². The van der Waals surface area contributed by atoms with Crippen molar-refractivity contribution in [3.63, 3.8) is 0 Å². The lowest BCUT2D eigenvalue weighted by molar-refractivity contribution is 0.241. The summed E-state index contributed by atoms with van der Waals surface area (Å²) in [4.78, 5) is 15.8. The minimum atomic E-state index is -0.113. The van der Waals surface area contributed by atoms with E-state index in [9.17, 15) is 4.79 Å². The van der Waals surface area contributed by atoms with Crippen LogP contribution in [0.5, 0.6) is 0 Å². The highest BCUT2D eigenvalue weighted by Crippen LogP contribution is 2.24. The molecule has 0 saturated heterocycles. The molecule has 2 aromatic rings. The molecule has 114 valence electrons. The molecule has 1 aromatic heterocycles. The Balaban J connectivity index is 1.97. The Morgan fingerprint density at radius 1 is 1.33 bits per heavy atom. The van der Waals surface area contributed by atoms with Gasteiger partial charge in [0.05, 0.1) is 0 Å². The van der Waals surface area contributed by atoms with Crippen LogP contribution in [0.15, 0.2) is 22.6 Å². The lowest BCUT2D eigenvalue weighted by Crippen LogP contribution is -2.35. The number of para-hydroxylation sites is 1. The Morgan fingerprint density at radius 3 is 2.86 bits per heavy atom. The van der Waals surface area contributed by atoms with Gasteiger partial charge in [0.25, 0.3) is 0 Å². The molecule has 2 amide bonds. The molecule has 0 aliphatic heterocycles. The number of hydrogen-bond donors (Lipinski definition) is 2. The van der Waals surface area contributed by atoms with Gasteiger partial charge in [-0.3, -0.25) is 0 Å². The molecule has 21 heavy (non-hydrogen) atoms. The monoisotopic (exact) mass is 289 g/mol. The van der Waals surface area contributed by atoms with E-state index in [2.05, 4.69) is 35.5 Å². The molecule has 5 heteroatoms. The van der Waals surface area contributed by atoms with Crippen LogP contribution in [0.1, 0.15) is 44.6 Å². The topological polar surface area (TPSA) is 67.2 Å². The number of carbonyl (C=O) groups is 1. The van der Waals surface area contributed by atoms with Crippen LogP contribution in [0, 0.1) is 0 Å². The maximum atomic E-state index is 11.3. The lowest BCUT2D eigenvalue weighted by atomic mass is 10.1. The smallest absolute Gasteiger partial charge is 0.314 e. The van der Waals surface area contributed by atoms with Gasteiger partial charge in [-0.1, -0.05) is 26.0 Å². The van der Waals surface area contributed by atoms with E-state index in [0.29, 0.717) is 13.1 Å². The first-order chi connectivity index (χ1) is 10.1. The highest BCUT2D eigenvalue weighted by atomic mass is 16.3. The molecule has 0 spiro atoms. The second-order valence-corrected chi connectivity index (χ2v) is 5.36. The Morgan fingerprint density at radius 2 is 2.14 bits per heavy atom. The van der Waals surface area contributed by atoms with Gasteiger partial charge in [0.1, 0.15) is 5.52 Å². The maximum absolute atomic E-state index is 11.3. The van der Waals surface area contributed by atoms with E-state index in [0.717, 1.165) is 35.4 Å². The van der Waals surface area contributed by atoms with Gasteiger partial charge in [-0.25, -0.2) is 9.78 Å². The number of rotatable bonds is 6. The third kappa shape index (κ3) is 3.97. The summed E-state index contributed by atoms with van der Waals surface area (Å²) in [5.74, 6) is 1.06. The summed E-state index contributed by atoms with van der Waals surface area (Å²) in [6.07, 6.45) is 1.73. The standard InChI is InChI=1S/C16H23N3O2/c1-4-17-16(20)18-10-6-8-12-7-5-9-13-14(12)21-15(19-13)11(2)3/h5,7,9,11H,4,6,8,10H2,1-3H3,(H2,17,18,20). The van der Waals surface area contributed by atoms with Crippen molar-refractivity contribution in [1.29, 1.82) is 0 Å². The number of amides is 2. The molecule has 2 rings (SSSR count). The fourth-order valence-electron chi connectivity index (χ4n) is 2.17. The van der Waals surface area contributed by atoms with Gasteiger partial charge in [-0.2, -0.15) is 0 Å². The predicted molar refractivity (Wildman–Crippen MR) is 83.5 cm³/mol. The third-order valence-electron chi connectivity index (χ3n) is 3.25. The quantitative estimate of drug-likeness (QED) is 0.802. The van der Waals surface area contributed by atoms with Crippen molar-refractivity contribution in [2.24, 2.45) is 0 Å². The molecular formula is C16H23N3O2. The molecule has 1 heterocycles. The first-order valence-electron chi connectivity index (χ1n) is 7.51. The number of hydrogen-bond acceptors (Lipinski definition) is 3. The van der Waals surface area contributed by atoms with E-state index >= 15 is 0 Å². The van der Waals surface area contributed by atoms with E-state index in [4.69, 9.17) is 4.42 Å². The van der Waals surface area contributed by atoms with Crippen LogP contribution in [0.25, 0.3) is 11.1 Å². The summed E-state index contributed by atoms with van der Waals surface area (Å²) in [6, 6.07) is 5.92. The average molecular weight is 289 g/mol. The molecule has 0 fully saturated rings. The molecule has 0 bridgehead atoms. The maximum Gasteiger partial charge on any atom is 0.314 e. The average Bonchev–Trinajstić information content (AvgIpc) is 2.89. The number of nitrogens with one attached hydrogen (secondary N) is 2. The first kappa shape index (κ1) is 15.4. The van der Waals surface area contributed by atoms with E-state index in [1.807, 2.05) is 19.1 Å². The number of aryl methyl sites for hydroxylation is 1. The Labute approximate surface area is 125 Å². The number of urea groups is 1. The Kier molecular flexibility index (Phi) is 5.20. The van der Waals surface area contributed by atoms with Gasteiger partial charge in [0, 0.05) is 19.0 Å². The SMILES string of the molecule is CCNC(=O)NCCCc1cccc2nc(C(C)C)oc12. The van der Waals surface area contributed by atoms with E-state index in [1.54, 1.807) is 0 Å². The third-order valence-corrected chi connectivity index (χ3v) is 3.25. The highest BCUT2D eigenvalue weighted by molar-refractivity contribution is 5.76. The minimum absolute atomic E-state index is 0.113. The van der Waals surface area contributed by atoms with Gasteiger partial charge in [-0.05, 0) is 31.4 Å². The van der Waals surface area contributed by atoms with Crippen LogP contribution >= 0.6 is 0 Å². The Hall–Kier alpha value is -2.04. The van der Waals surface area contributed by atoms with Crippen molar-refractivity contribution in [3.05, 3.63) is 29.7 Å². The number of fused-ring (bicyclic) bond motifs is 1. The van der Waals surface area contributed by atoms with Crippen LogP contribution in [0.4, 0.5) is 4.79 Å². The zero-order valence-corrected chi connectivity index (χ0v) is 12.9. The zero-order valence-electron chi connectivity index (χ0n) is 12.9. The summed E-state index contributed by atoms with van der Waals surface area (Å²) in [5.41, 5.74) is 2.93. The largest absolute Gasteiger partial charge is 0.440 e. The van der Waals surface area contributed by atoms with Crippen molar-refractivity contribution >= 4 is 17.1 Å². The first-order valence-corrected chi connectivity index (χ1v) is 7.51. The molecule has 0 aliphatic carbocycles. The number of nitrogens with zero attached hydrogens (tertiary/aromatic N) is 1. The van der Waals surface area contributed by atoms with Gasteiger partial charge < -0.3 is 15.1 Å². The van der Waals surface area contributed by atoms with Crippen molar-refractivity contribution in [3.8, 4) is 0 Å². The second-order valence-electron chi connectivity index (χ2n) is 5.36. The van der Waals surface area contributed by atoms with Crippen LogP contribution in [-0.4, -0.2) is 24.1 Å². The van der Waals surface area contributed by atoms with E-state index in [1.165, 1.54) is 0 Å². The normalized spacial score (nSPS) is 11.0. The van der Waals surface area contributed by atoms with Crippen molar-refractivity contribution in [1.82, 2.24) is 15.6 Å². The second kappa shape index (κ2) is 7.11. The summed E-state index contributed by atoms with van der Waals surface area (Å²) in [5, 5.41) is 5.54. The molecule has 0 saturated carbocycles. The van der Waals surface area contributed by atoms with Gasteiger partial charge in [-0.15, -0.1) is 0 Å². The summed E-state index contributed by atoms with van der Waals surface area (Å²) >= 11 is 0. The predicted octanol–water partition coefficient (Wildman–Crippen LogP) is 3.20. The van der Waals surface area contributed by atoms with Crippen LogP contribution in [0.3, 0.4) is 0 Å². The number of carbonyl (C=O) groups excluding carboxylic acids is 1. The molecule has 0 radical (unpaired) electrons. The highest BCUT2D eigenvalue weighted by Gasteiger charge is 2.12. The zero-order chi connectivity index (χ0) is 15.2. The molecular weight excluding hydrogens is 266 g/mol. The lowest BCUT2D eigenvalue weighted by Gasteiger charge is -2.05. The van der Waals surface area contributed by atoms with Gasteiger partial charge in [0.15, 0.2) is 11.5 Å². The molecule has 1 aromatic carbocycles. The molecule has 0 aliphatic rings. The molecule has 0 atom stereocenters. The molecule has 5 nitrogen and oxygen atoms in total. The van der Waals surface area contributed by atoms with Crippen molar-refractivity contribution in [2.75, 3.05) is 13.1 Å². The van der Waals surface area contributed by atoms with Gasteiger partial charge in [0.2, 0.25) is 0 Å².